The van der Waals surface area contributed by atoms with Crippen LogP contribution in [0.1, 0.15) is 39.5 Å². The predicted molar refractivity (Wildman–Crippen MR) is 119 cm³/mol. The number of amides is 2. The molecule has 0 aromatic heterocycles. The van der Waals surface area contributed by atoms with Crippen molar-refractivity contribution in [2.75, 3.05) is 19.6 Å². The van der Waals surface area contributed by atoms with Crippen molar-refractivity contribution in [2.45, 2.75) is 63.0 Å². The van der Waals surface area contributed by atoms with Crippen LogP contribution >= 0.6 is 11.8 Å². The molecule has 2 amide bonds. The lowest BCUT2D eigenvalue weighted by molar-refractivity contribution is -0.163. The number of rotatable bonds is 5. The van der Waals surface area contributed by atoms with Crippen LogP contribution < -0.4 is 11.1 Å². The number of aliphatic hydroxyl groups excluding tert-OH is 1. The van der Waals surface area contributed by atoms with Gasteiger partial charge >= 0.3 is 5.97 Å². The highest BCUT2D eigenvalue weighted by Gasteiger charge is 2.60. The van der Waals surface area contributed by atoms with E-state index in [2.05, 4.69) is 10.3 Å². The zero-order valence-corrected chi connectivity index (χ0v) is 19.2. The van der Waals surface area contributed by atoms with Gasteiger partial charge in [0.25, 0.3) is 5.91 Å². The molecule has 6 atom stereocenters. The van der Waals surface area contributed by atoms with E-state index in [0.29, 0.717) is 17.9 Å². The maximum absolute atomic E-state index is 12.6. The first-order valence-electron chi connectivity index (χ1n) is 11.2. The molecule has 0 aromatic rings. The molecule has 0 spiro atoms. The Morgan fingerprint density at radius 3 is 2.59 bits per heavy atom. The third-order valence-corrected chi connectivity index (χ3v) is 8.41. The Labute approximate surface area is 191 Å². The Morgan fingerprint density at radius 2 is 1.97 bits per heavy atom. The number of nitrogens with one attached hydrogen (secondary N) is 1. The first-order valence-corrected chi connectivity index (χ1v) is 12.1. The van der Waals surface area contributed by atoms with Crippen LogP contribution in [0.25, 0.3) is 0 Å². The molecule has 0 bridgehead atoms. The number of piperidine rings is 1. The van der Waals surface area contributed by atoms with Gasteiger partial charge in [0.05, 0.1) is 24.1 Å². The molecule has 0 radical (unpaired) electrons. The minimum Gasteiger partial charge on any atom is -0.477 e. The number of fused-ring (bicyclic) bond motifs is 1. The van der Waals surface area contributed by atoms with Gasteiger partial charge in [-0.25, -0.2) is 4.79 Å². The quantitative estimate of drug-likeness (QED) is 0.249. The van der Waals surface area contributed by atoms with Crippen LogP contribution in [-0.4, -0.2) is 86.8 Å². The highest BCUT2D eigenvalue weighted by molar-refractivity contribution is 8.03. The second-order valence-electron chi connectivity index (χ2n) is 9.06. The predicted octanol–water partition coefficient (Wildman–Crippen LogP) is -0.0690. The topological polar surface area (TPSA) is 149 Å². The molecule has 3 fully saturated rings. The van der Waals surface area contributed by atoms with Gasteiger partial charge in [-0.15, -0.1) is 11.8 Å². The molecule has 4 aliphatic heterocycles. The fraction of sp³-hybridized carbons (Fsp3) is 0.714. The molecular weight excluding hydrogens is 434 g/mol. The first kappa shape index (κ1) is 23.1. The fourth-order valence-electron chi connectivity index (χ4n) is 5.22. The zero-order chi connectivity index (χ0) is 23.2. The maximum Gasteiger partial charge on any atom is 0.353 e. The van der Waals surface area contributed by atoms with E-state index in [9.17, 15) is 24.6 Å². The van der Waals surface area contributed by atoms with Crippen molar-refractivity contribution < 1.29 is 24.6 Å². The number of carboxylic acids is 1. The summed E-state index contributed by atoms with van der Waals surface area (Å²) in [6.07, 6.45) is 2.92. The number of nitrogens with two attached hydrogens (primary N) is 1. The van der Waals surface area contributed by atoms with E-state index in [1.54, 1.807) is 6.92 Å². The summed E-state index contributed by atoms with van der Waals surface area (Å²) in [5, 5.41) is 22.9. The molecule has 4 aliphatic rings. The average molecular weight is 466 g/mol. The number of aliphatic imine (C=N–C) groups is 1. The molecule has 32 heavy (non-hydrogen) atoms. The van der Waals surface area contributed by atoms with Gasteiger partial charge in [-0.2, -0.15) is 4.99 Å². The summed E-state index contributed by atoms with van der Waals surface area (Å²) in [4.78, 5) is 45.1. The molecule has 0 unspecified atom stereocenters. The number of likely N-dealkylation sites (tertiary alicyclic amines) is 1. The van der Waals surface area contributed by atoms with Crippen LogP contribution in [0.15, 0.2) is 15.6 Å². The summed E-state index contributed by atoms with van der Waals surface area (Å²) >= 11 is 1.41. The van der Waals surface area contributed by atoms with Gasteiger partial charge in [-0.1, -0.05) is 6.92 Å². The number of carbonyl (C=O) groups excluding carboxylic acids is 2. The molecule has 0 saturated carbocycles. The lowest BCUT2D eigenvalue weighted by Crippen LogP contribution is -2.63. The number of thioether (sulfide) groups is 1. The standard InChI is InChI=1S/C21H31N5O5S/c1-10-15-14(11(2)27)19(29)26(15)16(20(30)31)17(10)32-12-8-13(23-9-12)18(28)24-21(22)25-6-4-3-5-7-25/h10-15,23,27H,3-9H2,1-2H3,(H,30,31)(H2,22,24,28)/t10-,11-,12+,13+,14-,15-/m1/s1. The Hall–Kier alpha value is -2.11. The number of guanidine groups is 1. The SMILES string of the molecule is C[C@@H](O)[C@H]1C(=O)N2C(C(=O)O)=C(S[C@@H]3CN[C@H](C(=O)N=C(N)N4CCCCC4)C3)[C@H](C)[C@H]12. The van der Waals surface area contributed by atoms with Crippen molar-refractivity contribution in [1.29, 1.82) is 0 Å². The summed E-state index contributed by atoms with van der Waals surface area (Å²) in [6, 6.07) is -0.804. The summed E-state index contributed by atoms with van der Waals surface area (Å²) in [5.74, 6) is -2.30. The lowest BCUT2D eigenvalue weighted by Gasteiger charge is -2.46. The smallest absolute Gasteiger partial charge is 0.353 e. The molecule has 0 aromatic carbocycles. The molecule has 4 heterocycles. The van der Waals surface area contributed by atoms with E-state index in [0.717, 1.165) is 32.4 Å². The summed E-state index contributed by atoms with van der Waals surface area (Å²) in [7, 11) is 0. The molecule has 4 rings (SSSR count). The van der Waals surface area contributed by atoms with E-state index < -0.39 is 24.0 Å². The molecule has 0 aliphatic carbocycles. The highest BCUT2D eigenvalue weighted by Crippen LogP contribution is 2.51. The minimum atomic E-state index is -1.14. The average Bonchev–Trinajstić information content (AvgIpc) is 3.31. The number of nitrogens with zero attached hydrogens (tertiary/aromatic N) is 3. The Kier molecular flexibility index (Phi) is 6.51. The molecule has 11 heteroatoms. The molecule has 176 valence electrons. The normalized spacial score (nSPS) is 33.9. The minimum absolute atomic E-state index is 0.0107. The second kappa shape index (κ2) is 9.03. The second-order valence-corrected chi connectivity index (χ2v) is 10.4. The lowest BCUT2D eigenvalue weighted by atomic mass is 9.79. The van der Waals surface area contributed by atoms with Crippen LogP contribution in [0.4, 0.5) is 0 Å². The maximum atomic E-state index is 12.6. The fourth-order valence-corrected chi connectivity index (χ4v) is 6.70. The van der Waals surface area contributed by atoms with E-state index in [4.69, 9.17) is 5.73 Å². The summed E-state index contributed by atoms with van der Waals surface area (Å²) < 4.78 is 0. The number of hydrogen-bond acceptors (Lipinski definition) is 6. The first-order chi connectivity index (χ1) is 15.2. The van der Waals surface area contributed by atoms with Crippen molar-refractivity contribution in [3.8, 4) is 0 Å². The van der Waals surface area contributed by atoms with Gasteiger partial charge < -0.3 is 31.1 Å². The molecule has 10 nitrogen and oxygen atoms in total. The Balaban J connectivity index is 1.42. The summed E-state index contributed by atoms with van der Waals surface area (Å²) in [5.41, 5.74) is 6.04. The van der Waals surface area contributed by atoms with Crippen molar-refractivity contribution in [1.82, 2.24) is 15.1 Å². The van der Waals surface area contributed by atoms with Crippen LogP contribution in [-0.2, 0) is 14.4 Å². The van der Waals surface area contributed by atoms with Gasteiger partial charge in [0.2, 0.25) is 5.91 Å². The van der Waals surface area contributed by atoms with Gasteiger partial charge in [-0.3, -0.25) is 9.59 Å². The van der Waals surface area contributed by atoms with Crippen LogP contribution in [0.5, 0.6) is 0 Å². The third kappa shape index (κ3) is 4.01. The number of carboxylic acid groups (broad SMARTS) is 1. The van der Waals surface area contributed by atoms with Gasteiger partial charge in [0.15, 0.2) is 5.96 Å². The highest BCUT2D eigenvalue weighted by atomic mass is 32.2. The van der Waals surface area contributed by atoms with Crippen molar-refractivity contribution >= 4 is 35.5 Å². The number of hydrogen-bond donors (Lipinski definition) is 4. The Morgan fingerprint density at radius 1 is 1.28 bits per heavy atom. The number of carbonyl (C=O) groups is 3. The van der Waals surface area contributed by atoms with Crippen LogP contribution in [0, 0.1) is 11.8 Å². The van der Waals surface area contributed by atoms with E-state index in [-0.39, 0.29) is 40.7 Å². The number of aliphatic carboxylic acids is 1. The van der Waals surface area contributed by atoms with Crippen molar-refractivity contribution in [2.24, 2.45) is 22.6 Å². The Bertz CT molecular complexity index is 869. The molecule has 3 saturated heterocycles. The van der Waals surface area contributed by atoms with Crippen LogP contribution in [0.2, 0.25) is 0 Å². The third-order valence-electron chi connectivity index (χ3n) is 6.90. The van der Waals surface area contributed by atoms with Gasteiger partial charge in [0, 0.05) is 35.7 Å². The van der Waals surface area contributed by atoms with E-state index >= 15 is 0 Å². The molecular formula is C21H31N5O5S. The number of β-lactam (4-membered cyclic amide) rings is 1. The number of aliphatic hydroxyl groups is 1. The van der Waals surface area contributed by atoms with Gasteiger partial charge in [-0.05, 0) is 32.6 Å². The van der Waals surface area contributed by atoms with Crippen molar-refractivity contribution in [3.05, 3.63) is 10.6 Å². The van der Waals surface area contributed by atoms with Gasteiger partial charge in [0.1, 0.15) is 5.70 Å². The van der Waals surface area contributed by atoms with E-state index in [1.165, 1.54) is 16.7 Å². The van der Waals surface area contributed by atoms with Crippen LogP contribution in [0.3, 0.4) is 0 Å². The van der Waals surface area contributed by atoms with Crippen molar-refractivity contribution in [3.63, 3.8) is 0 Å². The monoisotopic (exact) mass is 465 g/mol. The van der Waals surface area contributed by atoms with E-state index in [1.807, 2.05) is 11.8 Å². The largest absolute Gasteiger partial charge is 0.477 e. The molecule has 5 N–H and O–H groups in total. The summed E-state index contributed by atoms with van der Waals surface area (Å²) in [6.45, 7) is 5.61. The zero-order valence-electron chi connectivity index (χ0n) is 18.4.